The third kappa shape index (κ3) is 3.16. The van der Waals surface area contributed by atoms with E-state index in [0.29, 0.717) is 11.7 Å². The van der Waals surface area contributed by atoms with Crippen molar-refractivity contribution < 1.29 is 14.3 Å². The van der Waals surface area contributed by atoms with Crippen molar-refractivity contribution in [2.24, 2.45) is 0 Å². The van der Waals surface area contributed by atoms with Crippen molar-refractivity contribution in [2.75, 3.05) is 13.7 Å². The predicted octanol–water partition coefficient (Wildman–Crippen LogP) is 2.92. The monoisotopic (exact) mass is 252 g/mol. The molecule has 2 rings (SSSR count). The third-order valence-electron chi connectivity index (χ3n) is 2.75. The van der Waals surface area contributed by atoms with Crippen molar-refractivity contribution in [3.63, 3.8) is 0 Å². The van der Waals surface area contributed by atoms with Crippen molar-refractivity contribution in [1.29, 1.82) is 0 Å². The summed E-state index contributed by atoms with van der Waals surface area (Å²) in [5.41, 5.74) is 0. The number of methoxy groups -OCH3 is 1. The fraction of sp³-hybridized carbons (Fsp3) is 0.462. The van der Waals surface area contributed by atoms with Gasteiger partial charge in [0.05, 0.1) is 18.6 Å². The molecule has 1 aliphatic rings. The molecule has 4 heteroatoms. The topological polar surface area (TPSA) is 35.5 Å². The Morgan fingerprint density at radius 2 is 2.47 bits per heavy atom. The highest BCUT2D eigenvalue weighted by Crippen LogP contribution is 2.39. The average Bonchev–Trinajstić information content (AvgIpc) is 2.56. The van der Waals surface area contributed by atoms with Crippen molar-refractivity contribution in [3.05, 3.63) is 18.2 Å². The molecule has 3 nitrogen and oxygen atoms in total. The minimum atomic E-state index is 0.452. The van der Waals surface area contributed by atoms with E-state index in [1.54, 1.807) is 18.9 Å². The number of aldehydes is 1. The van der Waals surface area contributed by atoms with Crippen LogP contribution in [0.5, 0.6) is 11.5 Å². The molecule has 0 N–H and O–H groups in total. The van der Waals surface area contributed by atoms with Crippen molar-refractivity contribution >= 4 is 18.0 Å². The van der Waals surface area contributed by atoms with Gasteiger partial charge >= 0.3 is 0 Å². The van der Waals surface area contributed by atoms with Gasteiger partial charge in [-0.3, -0.25) is 0 Å². The van der Waals surface area contributed by atoms with E-state index in [4.69, 9.17) is 9.47 Å². The largest absolute Gasteiger partial charge is 0.497 e. The van der Waals surface area contributed by atoms with Crippen LogP contribution in [0.3, 0.4) is 0 Å². The molecule has 0 bridgehead atoms. The van der Waals surface area contributed by atoms with Crippen LogP contribution in [0.15, 0.2) is 23.1 Å². The van der Waals surface area contributed by atoms with Gasteiger partial charge < -0.3 is 14.3 Å². The van der Waals surface area contributed by atoms with Crippen LogP contribution in [-0.2, 0) is 4.79 Å². The predicted molar refractivity (Wildman–Crippen MR) is 68.0 cm³/mol. The molecular formula is C13H16O3S. The van der Waals surface area contributed by atoms with E-state index in [2.05, 4.69) is 0 Å². The fourth-order valence-electron chi connectivity index (χ4n) is 1.82. The Morgan fingerprint density at radius 1 is 1.59 bits per heavy atom. The summed E-state index contributed by atoms with van der Waals surface area (Å²) in [7, 11) is 1.66. The Labute approximate surface area is 105 Å². The van der Waals surface area contributed by atoms with Gasteiger partial charge in [0.2, 0.25) is 0 Å². The van der Waals surface area contributed by atoms with Crippen LogP contribution in [0.25, 0.3) is 0 Å². The van der Waals surface area contributed by atoms with E-state index in [9.17, 15) is 4.79 Å². The second-order valence-electron chi connectivity index (χ2n) is 3.93. The maximum Gasteiger partial charge on any atom is 0.133 e. The van der Waals surface area contributed by atoms with Gasteiger partial charge in [-0.2, -0.15) is 0 Å². The molecule has 0 amide bonds. The standard InChI is InChI=1S/C13H16O3S/c1-15-10-4-5-12-13(9-10)17-11(3-2-7-14)6-8-16-12/h4-5,7,9,11H,2-3,6,8H2,1H3. The molecule has 1 aromatic carbocycles. The van der Waals surface area contributed by atoms with E-state index in [-0.39, 0.29) is 0 Å². The fourth-order valence-corrected chi connectivity index (χ4v) is 3.08. The van der Waals surface area contributed by atoms with Gasteiger partial charge in [-0.15, -0.1) is 11.8 Å². The van der Waals surface area contributed by atoms with E-state index in [1.165, 1.54) is 0 Å². The molecule has 1 aliphatic heterocycles. The lowest BCUT2D eigenvalue weighted by molar-refractivity contribution is -0.107. The summed E-state index contributed by atoms with van der Waals surface area (Å²) in [5, 5.41) is 0.452. The van der Waals surface area contributed by atoms with Crippen LogP contribution in [0.4, 0.5) is 0 Å². The number of rotatable bonds is 4. The Morgan fingerprint density at radius 3 is 3.24 bits per heavy atom. The maximum atomic E-state index is 10.4. The molecule has 0 aliphatic carbocycles. The van der Waals surface area contributed by atoms with Crippen LogP contribution >= 0.6 is 11.8 Å². The van der Waals surface area contributed by atoms with Gasteiger partial charge in [0, 0.05) is 11.7 Å². The maximum absolute atomic E-state index is 10.4. The summed E-state index contributed by atoms with van der Waals surface area (Å²) in [4.78, 5) is 11.5. The molecule has 17 heavy (non-hydrogen) atoms. The van der Waals surface area contributed by atoms with Crippen molar-refractivity contribution in [2.45, 2.75) is 29.4 Å². The van der Waals surface area contributed by atoms with E-state index < -0.39 is 0 Å². The smallest absolute Gasteiger partial charge is 0.133 e. The summed E-state index contributed by atoms with van der Waals surface area (Å²) in [5.74, 6) is 1.76. The highest BCUT2D eigenvalue weighted by Gasteiger charge is 2.18. The van der Waals surface area contributed by atoms with Gasteiger partial charge in [-0.05, 0) is 31.0 Å². The first-order valence-corrected chi connectivity index (χ1v) is 6.62. The van der Waals surface area contributed by atoms with Gasteiger partial charge in [-0.25, -0.2) is 0 Å². The SMILES string of the molecule is COc1ccc2c(c1)SC(CCC=O)CCO2. The number of fused-ring (bicyclic) bond motifs is 1. The molecule has 1 heterocycles. The average molecular weight is 252 g/mol. The Kier molecular flexibility index (Phi) is 4.31. The van der Waals surface area contributed by atoms with E-state index in [0.717, 1.165) is 42.1 Å². The third-order valence-corrected chi connectivity index (χ3v) is 4.13. The van der Waals surface area contributed by atoms with Gasteiger partial charge in [0.1, 0.15) is 17.8 Å². The number of hydrogen-bond donors (Lipinski definition) is 0. The number of benzene rings is 1. The number of hydrogen-bond acceptors (Lipinski definition) is 4. The number of carbonyl (C=O) groups is 1. The molecule has 0 radical (unpaired) electrons. The molecule has 0 fully saturated rings. The first kappa shape index (κ1) is 12.3. The van der Waals surface area contributed by atoms with Gasteiger partial charge in [0.15, 0.2) is 0 Å². The zero-order valence-corrected chi connectivity index (χ0v) is 10.7. The molecule has 0 aromatic heterocycles. The molecule has 0 saturated carbocycles. The number of thioether (sulfide) groups is 1. The molecular weight excluding hydrogens is 236 g/mol. The Hall–Kier alpha value is -1.16. The minimum Gasteiger partial charge on any atom is -0.497 e. The van der Waals surface area contributed by atoms with Crippen LogP contribution in [0, 0.1) is 0 Å². The lowest BCUT2D eigenvalue weighted by Crippen LogP contribution is -2.06. The summed E-state index contributed by atoms with van der Waals surface area (Å²) < 4.78 is 10.9. The molecule has 1 unspecified atom stereocenters. The summed E-state index contributed by atoms with van der Waals surface area (Å²) in [6, 6.07) is 5.85. The Balaban J connectivity index is 2.13. The highest BCUT2D eigenvalue weighted by molar-refractivity contribution is 8.00. The summed E-state index contributed by atoms with van der Waals surface area (Å²) >= 11 is 1.78. The lowest BCUT2D eigenvalue weighted by Gasteiger charge is -2.11. The Bertz CT molecular complexity index is 392. The zero-order valence-electron chi connectivity index (χ0n) is 9.85. The van der Waals surface area contributed by atoms with Crippen LogP contribution in [-0.4, -0.2) is 25.3 Å². The quantitative estimate of drug-likeness (QED) is 0.772. The highest BCUT2D eigenvalue weighted by atomic mass is 32.2. The summed E-state index contributed by atoms with van der Waals surface area (Å²) in [6.07, 6.45) is 3.50. The van der Waals surface area contributed by atoms with Crippen LogP contribution < -0.4 is 9.47 Å². The minimum absolute atomic E-state index is 0.452. The van der Waals surface area contributed by atoms with Crippen LogP contribution in [0.1, 0.15) is 19.3 Å². The molecule has 0 spiro atoms. The first-order chi connectivity index (χ1) is 8.33. The molecule has 1 aromatic rings. The second-order valence-corrected chi connectivity index (χ2v) is 5.28. The summed E-state index contributed by atoms with van der Waals surface area (Å²) in [6.45, 7) is 0.718. The van der Waals surface area contributed by atoms with Crippen molar-refractivity contribution in [3.8, 4) is 11.5 Å². The second kappa shape index (κ2) is 5.96. The van der Waals surface area contributed by atoms with Crippen molar-refractivity contribution in [1.82, 2.24) is 0 Å². The van der Waals surface area contributed by atoms with Crippen LogP contribution in [0.2, 0.25) is 0 Å². The zero-order chi connectivity index (χ0) is 12.1. The van der Waals surface area contributed by atoms with E-state index in [1.807, 2.05) is 18.2 Å². The first-order valence-electron chi connectivity index (χ1n) is 5.74. The van der Waals surface area contributed by atoms with Gasteiger partial charge in [-0.1, -0.05) is 0 Å². The van der Waals surface area contributed by atoms with E-state index >= 15 is 0 Å². The molecule has 0 saturated heterocycles. The lowest BCUT2D eigenvalue weighted by atomic mass is 10.2. The normalized spacial score (nSPS) is 18.8. The molecule has 1 atom stereocenters. The van der Waals surface area contributed by atoms with Gasteiger partial charge in [0.25, 0.3) is 0 Å². The molecule has 92 valence electrons. The number of carbonyl (C=O) groups excluding carboxylic acids is 1. The number of ether oxygens (including phenoxy) is 2.